The lowest BCUT2D eigenvalue weighted by atomic mass is 10.0. The molecule has 7 heteroatoms. The van der Waals surface area contributed by atoms with Gasteiger partial charge in [-0.3, -0.25) is 14.7 Å². The highest BCUT2D eigenvalue weighted by Crippen LogP contribution is 2.33. The van der Waals surface area contributed by atoms with Crippen molar-refractivity contribution >= 4 is 21.4 Å². The number of rotatable bonds is 3. The van der Waals surface area contributed by atoms with Crippen LogP contribution in [0.2, 0.25) is 0 Å². The quantitative estimate of drug-likeness (QED) is 0.805. The maximum atomic E-state index is 13.0. The summed E-state index contributed by atoms with van der Waals surface area (Å²) < 4.78 is 24.8. The first-order valence-corrected chi connectivity index (χ1v) is 10.9. The second kappa shape index (κ2) is 6.73. The van der Waals surface area contributed by atoms with Crippen LogP contribution in [0.25, 0.3) is 0 Å². The highest BCUT2D eigenvalue weighted by Gasteiger charge is 2.49. The first kappa shape index (κ1) is 18.1. The van der Waals surface area contributed by atoms with Crippen molar-refractivity contribution in [3.63, 3.8) is 0 Å². The van der Waals surface area contributed by atoms with E-state index in [0.717, 1.165) is 22.4 Å². The van der Waals surface area contributed by atoms with Gasteiger partial charge in [-0.05, 0) is 48.7 Å². The number of pyridine rings is 1. The molecule has 0 N–H and O–H groups in total. The van der Waals surface area contributed by atoms with Crippen LogP contribution in [0.5, 0.6) is 0 Å². The van der Waals surface area contributed by atoms with E-state index in [0.29, 0.717) is 6.54 Å². The third-order valence-electron chi connectivity index (χ3n) is 5.58. The summed E-state index contributed by atoms with van der Waals surface area (Å²) in [4.78, 5) is 20.8. The molecule has 142 valence electrons. The minimum Gasteiger partial charge on any atom is -0.306 e. The van der Waals surface area contributed by atoms with Gasteiger partial charge in [-0.2, -0.15) is 0 Å². The number of amides is 1. The lowest BCUT2D eigenvalue weighted by Crippen LogP contribution is -2.61. The number of hydrogen-bond donors (Lipinski definition) is 0. The van der Waals surface area contributed by atoms with E-state index < -0.39 is 9.84 Å². The summed E-state index contributed by atoms with van der Waals surface area (Å²) >= 11 is 0. The average molecular weight is 385 g/mol. The standard InChI is InChI=1S/C20H23N3O3S/c1-14-5-6-17(8-15(14)2)23-19-13-27(25,26)12-18(19)22(11-20(23)24)10-16-4-3-7-21-9-16/h3-9,18-19H,10-13H2,1-2H3. The first-order chi connectivity index (χ1) is 12.8. The number of nitrogens with zero attached hydrogens (tertiary/aromatic N) is 3. The van der Waals surface area contributed by atoms with Crippen molar-refractivity contribution in [1.29, 1.82) is 0 Å². The van der Waals surface area contributed by atoms with Crippen molar-refractivity contribution in [1.82, 2.24) is 9.88 Å². The molecule has 1 aromatic heterocycles. The molecule has 2 atom stereocenters. The van der Waals surface area contributed by atoms with E-state index in [9.17, 15) is 13.2 Å². The minimum absolute atomic E-state index is 0.0138. The number of sulfone groups is 1. The molecule has 0 bridgehead atoms. The maximum Gasteiger partial charge on any atom is 0.241 e. The number of benzene rings is 1. The fraction of sp³-hybridized carbons (Fsp3) is 0.400. The highest BCUT2D eigenvalue weighted by atomic mass is 32.2. The van der Waals surface area contributed by atoms with Crippen molar-refractivity contribution in [3.8, 4) is 0 Å². The predicted molar refractivity (Wildman–Crippen MR) is 104 cm³/mol. The third kappa shape index (κ3) is 3.49. The van der Waals surface area contributed by atoms with E-state index in [2.05, 4.69) is 4.98 Å². The summed E-state index contributed by atoms with van der Waals surface area (Å²) in [5, 5.41) is 0. The maximum absolute atomic E-state index is 13.0. The van der Waals surface area contributed by atoms with Gasteiger partial charge in [0.25, 0.3) is 0 Å². The smallest absolute Gasteiger partial charge is 0.241 e. The number of carbonyl (C=O) groups excluding carboxylic acids is 1. The number of piperazine rings is 1. The largest absolute Gasteiger partial charge is 0.306 e. The van der Waals surface area contributed by atoms with Crippen LogP contribution in [0.3, 0.4) is 0 Å². The zero-order valence-corrected chi connectivity index (χ0v) is 16.3. The van der Waals surface area contributed by atoms with E-state index in [4.69, 9.17) is 0 Å². The molecular formula is C20H23N3O3S. The Labute approximate surface area is 159 Å². The molecule has 27 heavy (non-hydrogen) atoms. The Morgan fingerprint density at radius 2 is 1.89 bits per heavy atom. The summed E-state index contributed by atoms with van der Waals surface area (Å²) in [6.07, 6.45) is 3.47. The molecule has 1 aromatic carbocycles. The Morgan fingerprint density at radius 3 is 2.59 bits per heavy atom. The molecule has 2 saturated heterocycles. The van der Waals surface area contributed by atoms with Crippen molar-refractivity contribution in [2.45, 2.75) is 32.5 Å². The van der Waals surface area contributed by atoms with Crippen molar-refractivity contribution < 1.29 is 13.2 Å². The molecule has 2 aliphatic rings. The van der Waals surface area contributed by atoms with E-state index in [1.165, 1.54) is 0 Å². The molecular weight excluding hydrogens is 362 g/mol. The lowest BCUT2D eigenvalue weighted by molar-refractivity contribution is -0.123. The monoisotopic (exact) mass is 385 g/mol. The van der Waals surface area contributed by atoms with Crippen LogP contribution in [0.4, 0.5) is 5.69 Å². The molecule has 1 amide bonds. The molecule has 2 fully saturated rings. The van der Waals surface area contributed by atoms with E-state index in [-0.39, 0.29) is 36.0 Å². The van der Waals surface area contributed by atoms with Crippen LogP contribution in [-0.4, -0.2) is 54.3 Å². The normalized spacial score (nSPS) is 24.8. The minimum atomic E-state index is -3.19. The van der Waals surface area contributed by atoms with Crippen LogP contribution in [0.15, 0.2) is 42.7 Å². The number of hydrogen-bond acceptors (Lipinski definition) is 5. The van der Waals surface area contributed by atoms with E-state index >= 15 is 0 Å². The lowest BCUT2D eigenvalue weighted by Gasteiger charge is -2.43. The Bertz CT molecular complexity index is 975. The summed E-state index contributed by atoms with van der Waals surface area (Å²) in [5.41, 5.74) is 4.01. The second-order valence-electron chi connectivity index (χ2n) is 7.51. The summed E-state index contributed by atoms with van der Waals surface area (Å²) in [5.74, 6) is 0.0485. The molecule has 0 aliphatic carbocycles. The van der Waals surface area contributed by atoms with Gasteiger partial charge >= 0.3 is 0 Å². The second-order valence-corrected chi connectivity index (χ2v) is 9.66. The summed E-state index contributed by atoms with van der Waals surface area (Å²) in [6.45, 7) is 4.76. The van der Waals surface area contributed by atoms with Crippen molar-refractivity contribution in [2.75, 3.05) is 23.0 Å². The molecule has 6 nitrogen and oxygen atoms in total. The summed E-state index contributed by atoms with van der Waals surface area (Å²) in [6, 6.07) is 9.13. The molecule has 0 radical (unpaired) electrons. The molecule has 3 heterocycles. The van der Waals surface area contributed by atoms with Gasteiger partial charge in [0, 0.05) is 30.7 Å². The molecule has 2 aromatic rings. The molecule has 2 aliphatic heterocycles. The molecule has 0 saturated carbocycles. The van der Waals surface area contributed by atoms with Gasteiger partial charge in [0.2, 0.25) is 5.91 Å². The van der Waals surface area contributed by atoms with Crippen LogP contribution in [0, 0.1) is 13.8 Å². The van der Waals surface area contributed by atoms with Gasteiger partial charge in [-0.1, -0.05) is 12.1 Å². The summed E-state index contributed by atoms with van der Waals surface area (Å²) in [7, 11) is -3.19. The third-order valence-corrected chi connectivity index (χ3v) is 7.28. The number of aryl methyl sites for hydroxylation is 2. The fourth-order valence-electron chi connectivity index (χ4n) is 4.07. The van der Waals surface area contributed by atoms with Gasteiger partial charge in [-0.15, -0.1) is 0 Å². The van der Waals surface area contributed by atoms with Gasteiger partial charge in [0.05, 0.1) is 24.1 Å². The fourth-order valence-corrected chi connectivity index (χ4v) is 6.05. The molecule has 4 rings (SSSR count). The zero-order valence-electron chi connectivity index (χ0n) is 15.5. The topological polar surface area (TPSA) is 70.6 Å². The van der Waals surface area contributed by atoms with Gasteiger partial charge in [0.15, 0.2) is 9.84 Å². The zero-order chi connectivity index (χ0) is 19.2. The Morgan fingerprint density at radius 1 is 1.11 bits per heavy atom. The SMILES string of the molecule is Cc1ccc(N2C(=O)CN(Cc3cccnc3)C3CS(=O)(=O)CC32)cc1C. The predicted octanol–water partition coefficient (Wildman–Crippen LogP) is 1.71. The van der Waals surface area contributed by atoms with Gasteiger partial charge in [-0.25, -0.2) is 8.42 Å². The Balaban J connectivity index is 1.68. The molecule has 0 spiro atoms. The first-order valence-electron chi connectivity index (χ1n) is 9.07. The number of aromatic nitrogens is 1. The average Bonchev–Trinajstić information content (AvgIpc) is 2.94. The number of fused-ring (bicyclic) bond motifs is 1. The van der Waals surface area contributed by atoms with Crippen LogP contribution in [-0.2, 0) is 21.2 Å². The van der Waals surface area contributed by atoms with E-state index in [1.807, 2.05) is 49.1 Å². The van der Waals surface area contributed by atoms with Crippen LogP contribution < -0.4 is 4.90 Å². The van der Waals surface area contributed by atoms with Gasteiger partial charge in [0.1, 0.15) is 0 Å². The van der Waals surface area contributed by atoms with Crippen molar-refractivity contribution in [2.24, 2.45) is 0 Å². The highest BCUT2D eigenvalue weighted by molar-refractivity contribution is 7.91. The van der Waals surface area contributed by atoms with Gasteiger partial charge < -0.3 is 4.90 Å². The van der Waals surface area contributed by atoms with Crippen LogP contribution >= 0.6 is 0 Å². The number of carbonyl (C=O) groups is 1. The van der Waals surface area contributed by atoms with Crippen molar-refractivity contribution in [3.05, 3.63) is 59.4 Å². The Hall–Kier alpha value is -2.25. The number of anilines is 1. The Kier molecular flexibility index (Phi) is 4.52. The molecule has 2 unspecified atom stereocenters. The van der Waals surface area contributed by atoms with E-state index in [1.54, 1.807) is 17.3 Å². The van der Waals surface area contributed by atoms with Crippen LogP contribution in [0.1, 0.15) is 16.7 Å².